The second kappa shape index (κ2) is 6.15. The largest absolute Gasteiger partial charge is 0.481 e. The number of benzene rings is 1. The summed E-state index contributed by atoms with van der Waals surface area (Å²) in [4.78, 5) is 23.8. The molecule has 0 fully saturated rings. The van der Waals surface area contributed by atoms with Crippen molar-refractivity contribution in [3.05, 3.63) is 35.9 Å². The Balaban J connectivity index is 2.95. The highest BCUT2D eigenvalue weighted by Gasteiger charge is 2.40. The molecule has 0 aromatic heterocycles. The van der Waals surface area contributed by atoms with Crippen LogP contribution in [0, 0.1) is 0 Å². The highest BCUT2D eigenvalue weighted by molar-refractivity contribution is 5.89. The van der Waals surface area contributed by atoms with Gasteiger partial charge in [-0.2, -0.15) is 13.2 Å². The Morgan fingerprint density at radius 3 is 2.14 bits per heavy atom. The number of hydrogen-bond donors (Lipinski definition) is 1. The molecule has 1 N–H and O–H groups in total. The number of carbonyl (C=O) groups is 2. The van der Waals surface area contributed by atoms with Gasteiger partial charge >= 0.3 is 12.1 Å². The van der Waals surface area contributed by atoms with Crippen LogP contribution in [0.5, 0.6) is 0 Å². The number of amides is 1. The first-order valence-corrected chi connectivity index (χ1v) is 6.16. The average molecular weight is 303 g/mol. The van der Waals surface area contributed by atoms with Gasteiger partial charge in [0.2, 0.25) is 5.91 Å². The summed E-state index contributed by atoms with van der Waals surface area (Å²) in [6.45, 7) is -0.0830. The minimum Gasteiger partial charge on any atom is -0.481 e. The number of carboxylic acid groups (broad SMARTS) is 1. The van der Waals surface area contributed by atoms with Crippen LogP contribution in [0.15, 0.2) is 30.3 Å². The molecule has 1 aromatic rings. The maximum Gasteiger partial charge on any atom is 0.406 e. The van der Waals surface area contributed by atoms with Crippen LogP contribution in [0.2, 0.25) is 0 Å². The summed E-state index contributed by atoms with van der Waals surface area (Å²) in [6, 6.07) is 7.97. The quantitative estimate of drug-likeness (QED) is 0.909. The van der Waals surface area contributed by atoms with E-state index in [9.17, 15) is 27.9 Å². The molecule has 116 valence electrons. The fraction of sp³-hybridized carbons (Fsp3) is 0.429. The van der Waals surface area contributed by atoms with Gasteiger partial charge in [-0.05, 0) is 12.5 Å². The van der Waals surface area contributed by atoms with Crippen LogP contribution < -0.4 is 0 Å². The molecular formula is C14H16F3NO3. The minimum absolute atomic E-state index is 0.367. The van der Waals surface area contributed by atoms with Crippen molar-refractivity contribution in [3.8, 4) is 0 Å². The highest BCUT2D eigenvalue weighted by atomic mass is 19.4. The highest BCUT2D eigenvalue weighted by Crippen LogP contribution is 2.29. The first-order valence-electron chi connectivity index (χ1n) is 6.16. The number of halogens is 3. The van der Waals surface area contributed by atoms with Crippen molar-refractivity contribution in [1.82, 2.24) is 4.90 Å². The maximum absolute atomic E-state index is 12.3. The standard InChI is InChI=1S/C14H16F3NO3/c1-13(12(20)21,10-6-4-3-5-7-10)8-11(19)18(2)9-14(15,16)17/h3-7H,8-9H2,1-2H3,(H,20,21). The van der Waals surface area contributed by atoms with E-state index in [0.717, 1.165) is 7.05 Å². The van der Waals surface area contributed by atoms with Gasteiger partial charge in [-0.15, -0.1) is 0 Å². The molecule has 4 nitrogen and oxygen atoms in total. The van der Waals surface area contributed by atoms with Crippen molar-refractivity contribution < 1.29 is 27.9 Å². The monoisotopic (exact) mass is 303 g/mol. The lowest BCUT2D eigenvalue weighted by atomic mass is 9.79. The lowest BCUT2D eigenvalue weighted by molar-refractivity contribution is -0.160. The zero-order valence-electron chi connectivity index (χ0n) is 11.6. The Bertz CT molecular complexity index is 516. The third-order valence-corrected chi connectivity index (χ3v) is 3.23. The molecule has 21 heavy (non-hydrogen) atoms. The molecule has 0 aliphatic rings. The topological polar surface area (TPSA) is 57.6 Å². The molecule has 1 atom stereocenters. The van der Waals surface area contributed by atoms with E-state index in [4.69, 9.17) is 0 Å². The van der Waals surface area contributed by atoms with Crippen LogP contribution in [0.25, 0.3) is 0 Å². The van der Waals surface area contributed by atoms with Crippen LogP contribution in [0.1, 0.15) is 18.9 Å². The zero-order chi connectivity index (χ0) is 16.3. The van der Waals surface area contributed by atoms with Crippen LogP contribution >= 0.6 is 0 Å². The van der Waals surface area contributed by atoms with E-state index in [1.165, 1.54) is 19.1 Å². The van der Waals surface area contributed by atoms with E-state index < -0.39 is 36.4 Å². The van der Waals surface area contributed by atoms with Gasteiger partial charge in [0, 0.05) is 13.5 Å². The average Bonchev–Trinajstić information content (AvgIpc) is 2.37. The maximum atomic E-state index is 12.3. The molecular weight excluding hydrogens is 287 g/mol. The summed E-state index contributed by atoms with van der Waals surface area (Å²) in [5.74, 6) is -2.14. The lowest BCUT2D eigenvalue weighted by Crippen LogP contribution is -2.42. The van der Waals surface area contributed by atoms with Crippen molar-refractivity contribution in [3.63, 3.8) is 0 Å². The fourth-order valence-electron chi connectivity index (χ4n) is 1.90. The second-order valence-electron chi connectivity index (χ2n) is 5.05. The van der Waals surface area contributed by atoms with Crippen molar-refractivity contribution in [2.75, 3.05) is 13.6 Å². The van der Waals surface area contributed by atoms with E-state index in [1.807, 2.05) is 0 Å². The number of aliphatic carboxylic acids is 1. The number of rotatable bonds is 5. The van der Waals surface area contributed by atoms with E-state index in [0.29, 0.717) is 10.5 Å². The Kier molecular flexibility index (Phi) is 4.98. The molecule has 0 bridgehead atoms. The Labute approximate surface area is 120 Å². The normalized spacial score (nSPS) is 14.3. The number of carbonyl (C=O) groups excluding carboxylic acids is 1. The third kappa shape index (κ3) is 4.47. The van der Waals surface area contributed by atoms with Crippen LogP contribution in [-0.2, 0) is 15.0 Å². The fourth-order valence-corrected chi connectivity index (χ4v) is 1.90. The van der Waals surface area contributed by atoms with Crippen molar-refractivity contribution in [2.24, 2.45) is 0 Å². The van der Waals surface area contributed by atoms with Crippen molar-refractivity contribution in [2.45, 2.75) is 24.9 Å². The second-order valence-corrected chi connectivity index (χ2v) is 5.05. The van der Waals surface area contributed by atoms with Gasteiger partial charge in [-0.1, -0.05) is 30.3 Å². The summed E-state index contributed by atoms with van der Waals surface area (Å²) < 4.78 is 36.8. The van der Waals surface area contributed by atoms with Gasteiger partial charge in [-0.3, -0.25) is 9.59 Å². The van der Waals surface area contributed by atoms with E-state index in [-0.39, 0.29) is 0 Å². The smallest absolute Gasteiger partial charge is 0.406 e. The number of carboxylic acids is 1. The predicted octanol–water partition coefficient (Wildman–Crippen LogP) is 2.44. The molecule has 0 radical (unpaired) electrons. The molecule has 0 heterocycles. The summed E-state index contributed by atoms with van der Waals surface area (Å²) >= 11 is 0. The minimum atomic E-state index is -4.52. The molecule has 1 aromatic carbocycles. The van der Waals surface area contributed by atoms with Gasteiger partial charge in [0.15, 0.2) is 0 Å². The van der Waals surface area contributed by atoms with Crippen LogP contribution in [-0.4, -0.2) is 41.7 Å². The SMILES string of the molecule is CN(CC(F)(F)F)C(=O)CC(C)(C(=O)O)c1ccccc1. The summed E-state index contributed by atoms with van der Waals surface area (Å²) in [5.41, 5.74) is -1.20. The summed E-state index contributed by atoms with van der Waals surface area (Å²) in [7, 11) is 1.00. The van der Waals surface area contributed by atoms with Crippen molar-refractivity contribution >= 4 is 11.9 Å². The van der Waals surface area contributed by atoms with Gasteiger partial charge < -0.3 is 10.0 Å². The van der Waals surface area contributed by atoms with Gasteiger partial charge in [0.25, 0.3) is 0 Å². The molecule has 1 unspecified atom stereocenters. The number of nitrogens with zero attached hydrogens (tertiary/aromatic N) is 1. The lowest BCUT2D eigenvalue weighted by Gasteiger charge is -2.27. The van der Waals surface area contributed by atoms with Gasteiger partial charge in [0.1, 0.15) is 6.54 Å². The van der Waals surface area contributed by atoms with Gasteiger partial charge in [-0.25, -0.2) is 0 Å². The number of alkyl halides is 3. The predicted molar refractivity (Wildman–Crippen MR) is 69.7 cm³/mol. The summed E-state index contributed by atoms with van der Waals surface area (Å²) in [6.07, 6.45) is -5.06. The Morgan fingerprint density at radius 2 is 1.71 bits per heavy atom. The first kappa shape index (κ1) is 17.0. The van der Waals surface area contributed by atoms with E-state index in [1.54, 1.807) is 18.2 Å². The van der Waals surface area contributed by atoms with Gasteiger partial charge in [0.05, 0.1) is 5.41 Å². The first-order chi connectivity index (χ1) is 9.56. The molecule has 0 aliphatic carbocycles. The Hall–Kier alpha value is -2.05. The molecule has 1 rings (SSSR count). The van der Waals surface area contributed by atoms with Crippen LogP contribution in [0.3, 0.4) is 0 Å². The molecule has 0 spiro atoms. The summed E-state index contributed by atoms with van der Waals surface area (Å²) in [5, 5.41) is 9.36. The zero-order valence-corrected chi connectivity index (χ0v) is 11.6. The molecule has 1 amide bonds. The molecule has 0 saturated heterocycles. The van der Waals surface area contributed by atoms with E-state index in [2.05, 4.69) is 0 Å². The molecule has 0 aliphatic heterocycles. The molecule has 0 saturated carbocycles. The van der Waals surface area contributed by atoms with Crippen LogP contribution in [0.4, 0.5) is 13.2 Å². The Morgan fingerprint density at radius 1 is 1.19 bits per heavy atom. The number of hydrogen-bond acceptors (Lipinski definition) is 2. The van der Waals surface area contributed by atoms with Crippen molar-refractivity contribution in [1.29, 1.82) is 0 Å². The van der Waals surface area contributed by atoms with E-state index >= 15 is 0 Å². The third-order valence-electron chi connectivity index (χ3n) is 3.23. The molecule has 7 heteroatoms.